The molecule has 0 bridgehead atoms. The van der Waals surface area contributed by atoms with E-state index in [9.17, 15) is 4.79 Å². The van der Waals surface area contributed by atoms with Crippen LogP contribution in [0.1, 0.15) is 18.4 Å². The van der Waals surface area contributed by atoms with E-state index in [1.807, 2.05) is 26.0 Å². The summed E-state index contributed by atoms with van der Waals surface area (Å²) in [6, 6.07) is 3.85. The second-order valence-electron chi connectivity index (χ2n) is 4.11. The summed E-state index contributed by atoms with van der Waals surface area (Å²) in [7, 11) is 0. The third kappa shape index (κ3) is 3.20. The van der Waals surface area contributed by atoms with Crippen molar-refractivity contribution in [2.45, 2.75) is 20.4 Å². The third-order valence-corrected chi connectivity index (χ3v) is 3.27. The first-order valence-electron chi connectivity index (χ1n) is 6.02. The van der Waals surface area contributed by atoms with E-state index in [2.05, 4.69) is 31.2 Å². The van der Waals surface area contributed by atoms with Gasteiger partial charge in [-0.3, -0.25) is 14.3 Å². The van der Waals surface area contributed by atoms with Crippen LogP contribution in [0.5, 0.6) is 0 Å². The molecule has 100 valence electrons. The van der Waals surface area contributed by atoms with Gasteiger partial charge in [-0.15, -0.1) is 0 Å². The number of aryl methyl sites for hydroxylation is 1. The van der Waals surface area contributed by atoms with Crippen LogP contribution in [0.15, 0.2) is 33.8 Å². The van der Waals surface area contributed by atoms with Crippen molar-refractivity contribution in [1.82, 2.24) is 14.5 Å². The lowest BCUT2D eigenvalue weighted by molar-refractivity contribution is 0.682. The Morgan fingerprint density at radius 1 is 1.42 bits per heavy atom. The molecule has 0 spiro atoms. The fourth-order valence-electron chi connectivity index (χ4n) is 1.78. The molecule has 0 aliphatic heterocycles. The normalized spacial score (nSPS) is 10.5. The molecular formula is C13H15BrN4O. The summed E-state index contributed by atoms with van der Waals surface area (Å²) in [5.74, 6) is 0.670. The van der Waals surface area contributed by atoms with E-state index in [4.69, 9.17) is 0 Å². The van der Waals surface area contributed by atoms with Gasteiger partial charge in [0.15, 0.2) is 0 Å². The number of aromatic nitrogens is 3. The zero-order valence-electron chi connectivity index (χ0n) is 10.9. The maximum Gasteiger partial charge on any atom is 0.268 e. The molecule has 19 heavy (non-hydrogen) atoms. The van der Waals surface area contributed by atoms with Crippen LogP contribution in [0.4, 0.5) is 5.69 Å². The van der Waals surface area contributed by atoms with Crippen molar-refractivity contribution in [1.29, 1.82) is 0 Å². The Morgan fingerprint density at radius 2 is 2.21 bits per heavy atom. The van der Waals surface area contributed by atoms with Crippen molar-refractivity contribution < 1.29 is 0 Å². The molecule has 6 heteroatoms. The van der Waals surface area contributed by atoms with Crippen LogP contribution in [-0.2, 0) is 6.54 Å². The number of pyridine rings is 1. The minimum Gasteiger partial charge on any atom is -0.385 e. The molecule has 0 saturated heterocycles. The molecule has 2 rings (SSSR count). The van der Waals surface area contributed by atoms with Crippen molar-refractivity contribution in [3.63, 3.8) is 0 Å². The van der Waals surface area contributed by atoms with Crippen LogP contribution in [0.2, 0.25) is 0 Å². The van der Waals surface area contributed by atoms with Gasteiger partial charge in [0.05, 0.1) is 12.2 Å². The molecule has 0 unspecified atom stereocenters. The van der Waals surface area contributed by atoms with Gasteiger partial charge in [0, 0.05) is 24.6 Å². The predicted molar refractivity (Wildman–Crippen MR) is 78.4 cm³/mol. The van der Waals surface area contributed by atoms with Gasteiger partial charge < -0.3 is 5.32 Å². The largest absolute Gasteiger partial charge is 0.385 e. The van der Waals surface area contributed by atoms with Crippen LogP contribution >= 0.6 is 15.9 Å². The molecule has 0 radical (unpaired) electrons. The Labute approximate surface area is 119 Å². The number of hydrogen-bond acceptors (Lipinski definition) is 4. The lowest BCUT2D eigenvalue weighted by Gasteiger charge is -2.10. The highest BCUT2D eigenvalue weighted by Crippen LogP contribution is 2.09. The van der Waals surface area contributed by atoms with Crippen LogP contribution in [0.25, 0.3) is 0 Å². The fraction of sp³-hybridized carbons (Fsp3) is 0.308. The molecule has 0 amide bonds. The van der Waals surface area contributed by atoms with Crippen LogP contribution in [0.3, 0.4) is 0 Å². The molecule has 0 saturated carbocycles. The highest BCUT2D eigenvalue weighted by molar-refractivity contribution is 9.10. The smallest absolute Gasteiger partial charge is 0.268 e. The first-order valence-corrected chi connectivity index (χ1v) is 6.82. The van der Waals surface area contributed by atoms with Gasteiger partial charge in [-0.25, -0.2) is 4.98 Å². The van der Waals surface area contributed by atoms with Crippen molar-refractivity contribution in [2.24, 2.45) is 0 Å². The highest BCUT2D eigenvalue weighted by atomic mass is 79.9. The second kappa shape index (κ2) is 5.97. The first-order chi connectivity index (χ1) is 9.11. The van der Waals surface area contributed by atoms with Crippen LogP contribution in [-0.4, -0.2) is 21.1 Å². The summed E-state index contributed by atoms with van der Waals surface area (Å²) >= 11 is 3.20. The highest BCUT2D eigenvalue weighted by Gasteiger charge is 2.07. The summed E-state index contributed by atoms with van der Waals surface area (Å²) in [5.41, 5.74) is 1.73. The van der Waals surface area contributed by atoms with Gasteiger partial charge in [0.1, 0.15) is 10.3 Å². The quantitative estimate of drug-likeness (QED) is 0.937. The van der Waals surface area contributed by atoms with Crippen molar-refractivity contribution in [2.75, 3.05) is 11.9 Å². The standard InChI is InChI=1S/C13H15BrN4O/c1-3-15-10-4-5-16-11(6-10)8-18-9(2)17-7-12(14)13(18)19/h4-7H,3,8H2,1-2H3,(H,15,16). The minimum atomic E-state index is -0.0943. The zero-order chi connectivity index (χ0) is 13.8. The van der Waals surface area contributed by atoms with Crippen LogP contribution < -0.4 is 10.9 Å². The van der Waals surface area contributed by atoms with Gasteiger partial charge in [-0.1, -0.05) is 0 Å². The number of nitrogens with zero attached hydrogens (tertiary/aromatic N) is 3. The predicted octanol–water partition coefficient (Wildman–Crippen LogP) is 2.19. The van der Waals surface area contributed by atoms with E-state index in [1.54, 1.807) is 10.8 Å². The number of anilines is 1. The SMILES string of the molecule is CCNc1ccnc(Cn2c(C)ncc(Br)c2=O)c1. The molecule has 2 heterocycles. The Balaban J connectivity index is 2.34. The lowest BCUT2D eigenvalue weighted by Crippen LogP contribution is -2.24. The molecule has 2 aromatic rings. The van der Waals surface area contributed by atoms with E-state index in [0.717, 1.165) is 17.9 Å². The topological polar surface area (TPSA) is 59.8 Å². The monoisotopic (exact) mass is 322 g/mol. The molecule has 5 nitrogen and oxygen atoms in total. The summed E-state index contributed by atoms with van der Waals surface area (Å²) in [4.78, 5) is 20.5. The lowest BCUT2D eigenvalue weighted by atomic mass is 10.3. The first kappa shape index (κ1) is 13.7. The molecular weight excluding hydrogens is 308 g/mol. The number of hydrogen-bond donors (Lipinski definition) is 1. The maximum atomic E-state index is 12.0. The van der Waals surface area contributed by atoms with Gasteiger partial charge in [-0.2, -0.15) is 0 Å². The van der Waals surface area contributed by atoms with E-state index < -0.39 is 0 Å². The summed E-state index contributed by atoms with van der Waals surface area (Å²) in [6.07, 6.45) is 3.26. The Bertz CT molecular complexity index is 639. The molecule has 0 atom stereocenters. The van der Waals surface area contributed by atoms with Gasteiger partial charge in [0.25, 0.3) is 5.56 Å². The summed E-state index contributed by atoms with van der Waals surface area (Å²) in [5, 5.41) is 3.22. The number of halogens is 1. The number of nitrogens with one attached hydrogen (secondary N) is 1. The molecule has 1 N–H and O–H groups in total. The molecule has 0 aliphatic rings. The Morgan fingerprint density at radius 3 is 2.95 bits per heavy atom. The summed E-state index contributed by atoms with van der Waals surface area (Å²) < 4.78 is 2.06. The van der Waals surface area contributed by atoms with Crippen LogP contribution in [0, 0.1) is 6.92 Å². The molecule has 0 aliphatic carbocycles. The van der Waals surface area contributed by atoms with E-state index >= 15 is 0 Å². The Kier molecular flexibility index (Phi) is 4.31. The molecule has 2 aromatic heterocycles. The average Bonchev–Trinajstić information content (AvgIpc) is 2.40. The van der Waals surface area contributed by atoms with E-state index in [0.29, 0.717) is 16.8 Å². The van der Waals surface area contributed by atoms with Gasteiger partial charge >= 0.3 is 0 Å². The van der Waals surface area contributed by atoms with Crippen molar-refractivity contribution in [3.05, 3.63) is 50.9 Å². The maximum absolute atomic E-state index is 12.0. The Hall–Kier alpha value is -1.69. The number of rotatable bonds is 4. The summed E-state index contributed by atoms with van der Waals surface area (Å²) in [6.45, 7) is 5.10. The molecule has 0 aromatic carbocycles. The average molecular weight is 323 g/mol. The van der Waals surface area contributed by atoms with E-state index in [-0.39, 0.29) is 5.56 Å². The third-order valence-electron chi connectivity index (χ3n) is 2.72. The van der Waals surface area contributed by atoms with Crippen molar-refractivity contribution >= 4 is 21.6 Å². The molecule has 0 fully saturated rings. The van der Waals surface area contributed by atoms with Crippen molar-refractivity contribution in [3.8, 4) is 0 Å². The zero-order valence-corrected chi connectivity index (χ0v) is 12.4. The van der Waals surface area contributed by atoms with E-state index in [1.165, 1.54) is 6.20 Å². The van der Waals surface area contributed by atoms with Gasteiger partial charge in [0.2, 0.25) is 0 Å². The van der Waals surface area contributed by atoms with Gasteiger partial charge in [-0.05, 0) is 41.9 Å². The minimum absolute atomic E-state index is 0.0943. The second-order valence-corrected chi connectivity index (χ2v) is 4.97. The fourth-order valence-corrected chi connectivity index (χ4v) is 2.09.